The molecule has 1 aromatic rings. The van der Waals surface area contributed by atoms with Gasteiger partial charge in [-0.1, -0.05) is 72.5 Å². The molecule has 4 fully saturated rings. The first kappa shape index (κ1) is 42.5. The summed E-state index contributed by atoms with van der Waals surface area (Å²) in [5.74, 6) is 4.33. The number of ether oxygens (including phenoxy) is 1. The van der Waals surface area contributed by atoms with E-state index in [0.29, 0.717) is 37.1 Å². The molecule has 1 aromatic heterocycles. The number of aliphatic hydroxyl groups is 2. The Labute approximate surface area is 332 Å². The average molecular weight is 765 g/mol. The van der Waals surface area contributed by atoms with Gasteiger partial charge in [0.05, 0.1) is 30.6 Å². The lowest BCUT2D eigenvalue weighted by atomic mass is 9.47. The van der Waals surface area contributed by atoms with Crippen LogP contribution in [0.2, 0.25) is 0 Å². The number of carbonyl (C=O) groups is 2. The molecule has 12 atom stereocenters. The SMILES string of the molecule is CCC(C)(N[C@@H](Cc1cnc[nH]1)C(=O)C(C)(C)N1C[C@H](O)C[C@H]1CO)C(=O)O[C@H]1CC[C@@]2(C)C(=CCC3[C@@H]4CC[C@H]([C@H](C)CCCC(C)C)[C@@]4(C)CC[C@@H]32)C1. The number of allylic oxidation sites excluding steroid dienone is 1. The molecule has 4 N–H and O–H groups in total. The maximum atomic E-state index is 14.5. The Kier molecular flexibility index (Phi) is 12.9. The fourth-order valence-electron chi connectivity index (χ4n) is 12.9. The van der Waals surface area contributed by atoms with Crippen LogP contribution in [0.3, 0.4) is 0 Å². The molecule has 0 amide bonds. The summed E-state index contributed by atoms with van der Waals surface area (Å²) in [5, 5.41) is 24.0. The van der Waals surface area contributed by atoms with E-state index in [-0.39, 0.29) is 35.9 Å². The van der Waals surface area contributed by atoms with Crippen molar-refractivity contribution >= 4 is 11.8 Å². The van der Waals surface area contributed by atoms with Crippen LogP contribution in [0.15, 0.2) is 24.2 Å². The highest BCUT2D eigenvalue weighted by Crippen LogP contribution is 2.67. The molecule has 0 bridgehead atoms. The van der Waals surface area contributed by atoms with Crippen molar-refractivity contribution in [3.05, 3.63) is 29.9 Å². The van der Waals surface area contributed by atoms with Crippen LogP contribution in [0.25, 0.3) is 0 Å². The third kappa shape index (κ3) is 8.29. The van der Waals surface area contributed by atoms with Crippen LogP contribution in [0.1, 0.15) is 151 Å². The molecule has 9 nitrogen and oxygen atoms in total. The van der Waals surface area contributed by atoms with Crippen molar-refractivity contribution in [1.29, 1.82) is 0 Å². The van der Waals surface area contributed by atoms with Crippen LogP contribution in [0.5, 0.6) is 0 Å². The van der Waals surface area contributed by atoms with Gasteiger partial charge >= 0.3 is 5.97 Å². The summed E-state index contributed by atoms with van der Waals surface area (Å²) in [6.45, 7) is 20.2. The van der Waals surface area contributed by atoms with E-state index in [2.05, 4.69) is 56.0 Å². The van der Waals surface area contributed by atoms with Crippen LogP contribution in [-0.2, 0) is 20.7 Å². The number of ketones is 1. The number of esters is 1. The van der Waals surface area contributed by atoms with E-state index in [4.69, 9.17) is 4.74 Å². The summed E-state index contributed by atoms with van der Waals surface area (Å²) in [7, 11) is 0. The van der Waals surface area contributed by atoms with Crippen molar-refractivity contribution in [3.8, 4) is 0 Å². The van der Waals surface area contributed by atoms with Gasteiger partial charge in [-0.2, -0.15) is 0 Å². The number of H-pyrrole nitrogens is 1. The second-order valence-corrected chi connectivity index (χ2v) is 20.5. The fourth-order valence-corrected chi connectivity index (χ4v) is 12.9. The molecule has 6 rings (SSSR count). The van der Waals surface area contributed by atoms with E-state index < -0.39 is 23.2 Å². The van der Waals surface area contributed by atoms with Gasteiger partial charge in [0, 0.05) is 37.3 Å². The zero-order valence-electron chi connectivity index (χ0n) is 35.8. The normalized spacial score (nSPS) is 36.0. The summed E-state index contributed by atoms with van der Waals surface area (Å²) in [5.41, 5.74) is 0.833. The Hall–Kier alpha value is -2.07. The quantitative estimate of drug-likeness (QED) is 0.0993. The highest BCUT2D eigenvalue weighted by atomic mass is 16.5. The van der Waals surface area contributed by atoms with Gasteiger partial charge in [0.2, 0.25) is 0 Å². The molecule has 2 unspecified atom stereocenters. The van der Waals surface area contributed by atoms with Crippen molar-refractivity contribution in [3.63, 3.8) is 0 Å². The number of aliphatic hydroxyl groups excluding tert-OH is 2. The molecule has 3 saturated carbocycles. The summed E-state index contributed by atoms with van der Waals surface area (Å²) in [6.07, 6.45) is 19.7. The number of nitrogens with one attached hydrogen (secondary N) is 2. The van der Waals surface area contributed by atoms with Gasteiger partial charge in [0.15, 0.2) is 5.78 Å². The molecular weight excluding hydrogens is 689 g/mol. The van der Waals surface area contributed by atoms with Crippen molar-refractivity contribution < 1.29 is 24.5 Å². The third-order valence-electron chi connectivity index (χ3n) is 16.4. The van der Waals surface area contributed by atoms with Gasteiger partial charge in [-0.25, -0.2) is 4.98 Å². The fraction of sp³-hybridized carbons (Fsp3) is 0.848. The number of hydrogen-bond acceptors (Lipinski definition) is 8. The Morgan fingerprint density at radius 3 is 2.53 bits per heavy atom. The minimum Gasteiger partial charge on any atom is -0.461 e. The molecule has 1 saturated heterocycles. The first-order valence-electron chi connectivity index (χ1n) is 22.2. The highest BCUT2D eigenvalue weighted by Gasteiger charge is 2.59. The van der Waals surface area contributed by atoms with Gasteiger partial charge in [-0.3, -0.25) is 19.8 Å². The smallest absolute Gasteiger partial charge is 0.326 e. The number of β-amino-alcohol motifs (C(OH)–C–C–N with tert-alkyl or cyclic N) is 1. The van der Waals surface area contributed by atoms with Gasteiger partial charge in [0.1, 0.15) is 11.6 Å². The van der Waals surface area contributed by atoms with E-state index in [1.807, 2.05) is 32.6 Å². The van der Waals surface area contributed by atoms with Crippen molar-refractivity contribution in [2.24, 2.45) is 46.3 Å². The number of Topliss-reactive ketones (excluding diaryl/α,β-unsaturated/α-hetero) is 1. The van der Waals surface area contributed by atoms with Gasteiger partial charge in [-0.15, -0.1) is 0 Å². The first-order chi connectivity index (χ1) is 26.0. The second-order valence-electron chi connectivity index (χ2n) is 20.5. The molecule has 2 heterocycles. The first-order valence-corrected chi connectivity index (χ1v) is 22.2. The van der Waals surface area contributed by atoms with Gasteiger partial charge < -0.3 is 19.9 Å². The van der Waals surface area contributed by atoms with Crippen molar-refractivity contribution in [2.45, 2.75) is 188 Å². The number of hydrogen-bond donors (Lipinski definition) is 4. The summed E-state index contributed by atoms with van der Waals surface area (Å²) >= 11 is 0. The summed E-state index contributed by atoms with van der Waals surface area (Å²) in [6, 6.07) is -1.04. The van der Waals surface area contributed by atoms with E-state index in [9.17, 15) is 19.8 Å². The molecule has 55 heavy (non-hydrogen) atoms. The molecule has 0 spiro atoms. The number of rotatable bonds is 16. The standard InChI is InChI=1S/C46H76N4O5/c1-10-46(9,49-40(23-32-25-47-28-48-32)41(53)43(5,6)50-26-34(52)24-33(50)27-51)42(54)55-35-18-20-44(7)31(22-35)14-15-36-38-17-16-37(30(4)13-11-12-29(2)3)45(38,8)21-19-39(36)44/h14,25,28-30,33-40,49,51-52H,10-13,15-24,26-27H2,1-9H3,(H,47,48)/t30-,33+,34-,35+,36?,37-,38+,39+,40+,44+,45-,46?/m1/s1. The number of nitrogens with zero attached hydrogens (tertiary/aromatic N) is 2. The Morgan fingerprint density at radius 2 is 1.85 bits per heavy atom. The number of aromatic amines is 1. The van der Waals surface area contributed by atoms with E-state index in [0.717, 1.165) is 61.0 Å². The lowest BCUT2D eigenvalue weighted by molar-refractivity contribution is -0.160. The van der Waals surface area contributed by atoms with Crippen LogP contribution < -0.4 is 5.32 Å². The lowest BCUT2D eigenvalue weighted by Crippen LogP contribution is -2.64. The number of likely N-dealkylation sites (tertiary alicyclic amines) is 1. The van der Waals surface area contributed by atoms with E-state index in [1.54, 1.807) is 12.5 Å². The molecule has 4 aliphatic carbocycles. The van der Waals surface area contributed by atoms with Crippen LogP contribution in [0, 0.1) is 46.3 Å². The second kappa shape index (κ2) is 16.7. The molecular formula is C46H76N4O5. The van der Waals surface area contributed by atoms with E-state index in [1.165, 1.54) is 50.5 Å². The lowest BCUT2D eigenvalue weighted by Gasteiger charge is -2.58. The number of imidazole rings is 1. The van der Waals surface area contributed by atoms with Crippen LogP contribution in [-0.4, -0.2) is 85.4 Å². The third-order valence-corrected chi connectivity index (χ3v) is 16.4. The Bertz CT molecular complexity index is 1510. The van der Waals surface area contributed by atoms with Gasteiger partial charge in [-0.05, 0) is 125 Å². The zero-order valence-corrected chi connectivity index (χ0v) is 35.8. The maximum Gasteiger partial charge on any atom is 0.326 e. The predicted octanol–water partition coefficient (Wildman–Crippen LogP) is 7.81. The minimum atomic E-state index is -1.09. The Morgan fingerprint density at radius 1 is 1.09 bits per heavy atom. The van der Waals surface area contributed by atoms with E-state index >= 15 is 0 Å². The number of fused-ring (bicyclic) bond motifs is 5. The highest BCUT2D eigenvalue weighted by molar-refractivity contribution is 5.93. The van der Waals surface area contributed by atoms with Crippen molar-refractivity contribution in [2.75, 3.05) is 13.2 Å². The summed E-state index contributed by atoms with van der Waals surface area (Å²) < 4.78 is 6.45. The predicted molar refractivity (Wildman–Crippen MR) is 218 cm³/mol. The Balaban J connectivity index is 1.12. The zero-order chi connectivity index (χ0) is 39.9. The monoisotopic (exact) mass is 765 g/mol. The van der Waals surface area contributed by atoms with Crippen LogP contribution >= 0.6 is 0 Å². The minimum absolute atomic E-state index is 0.102. The molecule has 5 aliphatic rings. The number of aromatic nitrogens is 2. The molecule has 1 aliphatic heterocycles. The number of carbonyl (C=O) groups excluding carboxylic acids is 2. The topological polar surface area (TPSA) is 128 Å². The molecule has 0 radical (unpaired) electrons. The largest absolute Gasteiger partial charge is 0.461 e. The molecule has 310 valence electrons. The van der Waals surface area contributed by atoms with Crippen molar-refractivity contribution in [1.82, 2.24) is 20.2 Å². The average Bonchev–Trinajstić information content (AvgIpc) is 3.89. The molecule has 9 heteroatoms. The van der Waals surface area contributed by atoms with Gasteiger partial charge in [0.25, 0.3) is 0 Å². The van der Waals surface area contributed by atoms with Crippen LogP contribution in [0.4, 0.5) is 0 Å². The summed E-state index contributed by atoms with van der Waals surface area (Å²) in [4.78, 5) is 38.0. The maximum absolute atomic E-state index is 14.5. The molecule has 0 aromatic carbocycles.